The Balaban J connectivity index is 2.34. The Kier molecular flexibility index (Phi) is 3.03. The summed E-state index contributed by atoms with van der Waals surface area (Å²) in [4.78, 5) is 2.11. The summed E-state index contributed by atoms with van der Waals surface area (Å²) in [5, 5.41) is 8.70. The smallest absolute Gasteiger partial charge is 0.143 e. The molecule has 0 spiro atoms. The molecule has 0 bridgehead atoms. The molecular formula is C13H15FN2O. The molecule has 0 radical (unpaired) electrons. The number of nitrogens with zero attached hydrogens (tertiary/aromatic N) is 2. The average Bonchev–Trinajstić information content (AvgIpc) is 2.28. The summed E-state index contributed by atoms with van der Waals surface area (Å²) < 4.78 is 19.0. The van der Waals surface area contributed by atoms with Gasteiger partial charge in [0, 0.05) is 12.2 Å². The Hall–Kier alpha value is -1.60. The Labute approximate surface area is 100 Å². The number of anilines is 1. The van der Waals surface area contributed by atoms with Crippen molar-refractivity contribution in [3.05, 3.63) is 29.6 Å². The van der Waals surface area contributed by atoms with Gasteiger partial charge in [-0.25, -0.2) is 4.39 Å². The highest BCUT2D eigenvalue weighted by molar-refractivity contribution is 5.52. The van der Waals surface area contributed by atoms with Crippen LogP contribution >= 0.6 is 0 Å². The first kappa shape index (κ1) is 11.9. The first-order chi connectivity index (χ1) is 8.04. The molecule has 0 atom stereocenters. The van der Waals surface area contributed by atoms with Crippen LogP contribution in [0.1, 0.15) is 19.4 Å². The zero-order valence-corrected chi connectivity index (χ0v) is 10.0. The summed E-state index contributed by atoms with van der Waals surface area (Å²) in [5.74, 6) is -0.465. The van der Waals surface area contributed by atoms with Crippen LogP contribution < -0.4 is 4.90 Å². The Morgan fingerprint density at radius 1 is 1.47 bits per heavy atom. The van der Waals surface area contributed by atoms with Crippen molar-refractivity contribution in [1.29, 1.82) is 5.26 Å². The number of rotatable bonds is 1. The number of hydrogen-bond acceptors (Lipinski definition) is 3. The number of nitriles is 1. The molecule has 0 aromatic heterocycles. The molecule has 1 aromatic carbocycles. The minimum atomic E-state index is -0.465. The molecule has 1 aromatic rings. The van der Waals surface area contributed by atoms with E-state index in [0.29, 0.717) is 13.2 Å². The molecule has 90 valence electrons. The quantitative estimate of drug-likeness (QED) is 0.748. The fourth-order valence-corrected chi connectivity index (χ4v) is 2.10. The van der Waals surface area contributed by atoms with Gasteiger partial charge in [-0.15, -0.1) is 0 Å². The second-order valence-corrected chi connectivity index (χ2v) is 4.79. The van der Waals surface area contributed by atoms with Crippen molar-refractivity contribution in [3.63, 3.8) is 0 Å². The van der Waals surface area contributed by atoms with Gasteiger partial charge in [0.25, 0.3) is 0 Å². The number of benzene rings is 1. The topological polar surface area (TPSA) is 36.3 Å². The number of hydrogen-bond donors (Lipinski definition) is 0. The lowest BCUT2D eigenvalue weighted by Crippen LogP contribution is -2.53. The van der Waals surface area contributed by atoms with E-state index in [4.69, 9.17) is 10.00 Å². The van der Waals surface area contributed by atoms with E-state index in [1.165, 1.54) is 12.1 Å². The predicted molar refractivity (Wildman–Crippen MR) is 63.4 cm³/mol. The zero-order chi connectivity index (χ0) is 12.5. The lowest BCUT2D eigenvalue weighted by atomic mass is 10.0. The van der Waals surface area contributed by atoms with Gasteiger partial charge in [0.05, 0.1) is 24.3 Å². The molecule has 4 heteroatoms. The summed E-state index contributed by atoms with van der Waals surface area (Å²) >= 11 is 0. The second-order valence-electron chi connectivity index (χ2n) is 4.79. The van der Waals surface area contributed by atoms with Crippen molar-refractivity contribution in [1.82, 2.24) is 0 Å². The second kappa shape index (κ2) is 4.34. The van der Waals surface area contributed by atoms with Crippen molar-refractivity contribution in [3.8, 4) is 6.07 Å². The third-order valence-electron chi connectivity index (χ3n) is 3.03. The van der Waals surface area contributed by atoms with Crippen LogP contribution in [0.2, 0.25) is 0 Å². The van der Waals surface area contributed by atoms with E-state index >= 15 is 0 Å². The SMILES string of the molecule is CC1(C)COCCN1c1ccc(C#N)c(F)c1. The predicted octanol–water partition coefficient (Wildman–Crippen LogP) is 2.31. The molecule has 1 aliphatic rings. The Morgan fingerprint density at radius 2 is 2.24 bits per heavy atom. The highest BCUT2D eigenvalue weighted by atomic mass is 19.1. The highest BCUT2D eigenvalue weighted by Crippen LogP contribution is 2.28. The van der Waals surface area contributed by atoms with Gasteiger partial charge in [-0.05, 0) is 32.0 Å². The summed E-state index contributed by atoms with van der Waals surface area (Å²) in [6.07, 6.45) is 0. The minimum Gasteiger partial charge on any atom is -0.377 e. The zero-order valence-electron chi connectivity index (χ0n) is 10.0. The van der Waals surface area contributed by atoms with Crippen LogP contribution in [0.3, 0.4) is 0 Å². The van der Waals surface area contributed by atoms with Gasteiger partial charge >= 0.3 is 0 Å². The Morgan fingerprint density at radius 3 is 2.82 bits per heavy atom. The van der Waals surface area contributed by atoms with Crippen LogP contribution in [0.4, 0.5) is 10.1 Å². The van der Waals surface area contributed by atoms with Crippen molar-refractivity contribution in [2.24, 2.45) is 0 Å². The first-order valence-electron chi connectivity index (χ1n) is 5.59. The average molecular weight is 234 g/mol. The lowest BCUT2D eigenvalue weighted by Gasteiger charge is -2.43. The summed E-state index contributed by atoms with van der Waals surface area (Å²) in [7, 11) is 0. The van der Waals surface area contributed by atoms with Gasteiger partial charge in [0.1, 0.15) is 11.9 Å². The molecule has 0 amide bonds. The van der Waals surface area contributed by atoms with Gasteiger partial charge < -0.3 is 9.64 Å². The molecule has 17 heavy (non-hydrogen) atoms. The normalized spacial score (nSPS) is 18.8. The molecule has 1 fully saturated rings. The summed E-state index contributed by atoms with van der Waals surface area (Å²) in [5.41, 5.74) is 0.730. The molecule has 0 unspecified atom stereocenters. The van der Waals surface area contributed by atoms with Gasteiger partial charge in [-0.3, -0.25) is 0 Å². The van der Waals surface area contributed by atoms with E-state index in [-0.39, 0.29) is 11.1 Å². The Bertz CT molecular complexity index is 465. The van der Waals surface area contributed by atoms with Gasteiger partial charge in [0.15, 0.2) is 0 Å². The van der Waals surface area contributed by atoms with E-state index in [2.05, 4.69) is 18.7 Å². The largest absolute Gasteiger partial charge is 0.377 e. The van der Waals surface area contributed by atoms with Crippen molar-refractivity contribution >= 4 is 5.69 Å². The molecule has 1 heterocycles. The van der Waals surface area contributed by atoms with Crippen LogP contribution in [0, 0.1) is 17.1 Å². The van der Waals surface area contributed by atoms with Gasteiger partial charge in [0.2, 0.25) is 0 Å². The molecular weight excluding hydrogens is 219 g/mol. The number of morpholine rings is 1. The van der Waals surface area contributed by atoms with Crippen molar-refractivity contribution in [2.75, 3.05) is 24.7 Å². The molecule has 0 saturated carbocycles. The van der Waals surface area contributed by atoms with Crippen molar-refractivity contribution < 1.29 is 9.13 Å². The standard InChI is InChI=1S/C13H15FN2O/c1-13(2)9-17-6-5-16(13)11-4-3-10(8-15)12(14)7-11/h3-4,7H,5-6,9H2,1-2H3. The maximum Gasteiger partial charge on any atom is 0.143 e. The fourth-order valence-electron chi connectivity index (χ4n) is 2.10. The maximum absolute atomic E-state index is 13.6. The first-order valence-corrected chi connectivity index (χ1v) is 5.59. The van der Waals surface area contributed by atoms with Crippen LogP contribution in [0.25, 0.3) is 0 Å². The van der Waals surface area contributed by atoms with E-state index in [1.54, 1.807) is 6.07 Å². The van der Waals surface area contributed by atoms with Crippen LogP contribution in [-0.4, -0.2) is 25.3 Å². The van der Waals surface area contributed by atoms with Crippen molar-refractivity contribution in [2.45, 2.75) is 19.4 Å². The van der Waals surface area contributed by atoms with Crippen LogP contribution in [0.5, 0.6) is 0 Å². The monoisotopic (exact) mass is 234 g/mol. The maximum atomic E-state index is 13.6. The van der Waals surface area contributed by atoms with E-state index in [9.17, 15) is 4.39 Å². The highest BCUT2D eigenvalue weighted by Gasteiger charge is 2.30. The summed E-state index contributed by atoms with van der Waals surface area (Å²) in [6, 6.07) is 6.56. The van der Waals surface area contributed by atoms with E-state index < -0.39 is 5.82 Å². The molecule has 2 rings (SSSR count). The van der Waals surface area contributed by atoms with E-state index in [0.717, 1.165) is 12.2 Å². The molecule has 0 aliphatic carbocycles. The lowest BCUT2D eigenvalue weighted by molar-refractivity contribution is 0.0644. The minimum absolute atomic E-state index is 0.0832. The van der Waals surface area contributed by atoms with Gasteiger partial charge in [-0.2, -0.15) is 5.26 Å². The molecule has 1 aliphatic heterocycles. The molecule has 1 saturated heterocycles. The van der Waals surface area contributed by atoms with Crippen LogP contribution in [0.15, 0.2) is 18.2 Å². The number of halogens is 1. The fraction of sp³-hybridized carbons (Fsp3) is 0.462. The number of ether oxygens (including phenoxy) is 1. The molecule has 0 N–H and O–H groups in total. The van der Waals surface area contributed by atoms with Gasteiger partial charge in [-0.1, -0.05) is 0 Å². The third kappa shape index (κ3) is 2.25. The van der Waals surface area contributed by atoms with E-state index in [1.807, 2.05) is 6.07 Å². The van der Waals surface area contributed by atoms with Crippen LogP contribution in [-0.2, 0) is 4.74 Å². The molecule has 3 nitrogen and oxygen atoms in total. The third-order valence-corrected chi connectivity index (χ3v) is 3.03. The summed E-state index contributed by atoms with van der Waals surface area (Å²) in [6.45, 7) is 6.11.